The molecular formula is C11H17N3O. The molecule has 1 aromatic rings. The molecule has 0 amide bonds. The molecule has 1 rings (SSSR count). The van der Waals surface area contributed by atoms with Crippen molar-refractivity contribution in [1.29, 1.82) is 0 Å². The lowest BCUT2D eigenvalue weighted by molar-refractivity contribution is 0.0890. The van der Waals surface area contributed by atoms with E-state index in [9.17, 15) is 4.79 Å². The van der Waals surface area contributed by atoms with Crippen LogP contribution in [0.3, 0.4) is 0 Å². The number of nitrogens with one attached hydrogen (secondary N) is 1. The Hall–Kier alpha value is -1.42. The van der Waals surface area contributed by atoms with Gasteiger partial charge < -0.3 is 11.1 Å². The normalized spacial score (nSPS) is 11.5. The third-order valence-corrected chi connectivity index (χ3v) is 2.49. The topological polar surface area (TPSA) is 68.0 Å². The first-order chi connectivity index (χ1) is 6.88. The summed E-state index contributed by atoms with van der Waals surface area (Å²) in [6.45, 7) is 5.52. The molecule has 4 heteroatoms. The molecule has 1 heterocycles. The zero-order chi connectivity index (χ0) is 11.6. The van der Waals surface area contributed by atoms with E-state index in [1.807, 2.05) is 20.8 Å². The number of pyridine rings is 1. The molecule has 0 aliphatic rings. The van der Waals surface area contributed by atoms with Crippen LogP contribution < -0.4 is 11.1 Å². The van der Waals surface area contributed by atoms with Gasteiger partial charge in [0.1, 0.15) is 5.82 Å². The highest BCUT2D eigenvalue weighted by Gasteiger charge is 2.28. The smallest absolute Gasteiger partial charge is 0.185 e. The van der Waals surface area contributed by atoms with Gasteiger partial charge in [0.2, 0.25) is 0 Å². The number of aryl methyl sites for hydroxylation is 1. The van der Waals surface area contributed by atoms with Crippen LogP contribution in [0.4, 0.5) is 5.82 Å². The fraction of sp³-hybridized carbons (Fsp3) is 0.455. The van der Waals surface area contributed by atoms with E-state index in [1.54, 1.807) is 19.3 Å². The molecule has 0 saturated carbocycles. The molecular weight excluding hydrogens is 190 g/mol. The van der Waals surface area contributed by atoms with Crippen molar-refractivity contribution in [2.75, 3.05) is 12.8 Å². The zero-order valence-corrected chi connectivity index (χ0v) is 9.59. The molecule has 4 nitrogen and oxygen atoms in total. The van der Waals surface area contributed by atoms with E-state index in [1.165, 1.54) is 0 Å². The van der Waals surface area contributed by atoms with Gasteiger partial charge in [0.15, 0.2) is 5.78 Å². The molecule has 0 aromatic carbocycles. The number of aromatic nitrogens is 1. The van der Waals surface area contributed by atoms with Crippen LogP contribution in [0.5, 0.6) is 0 Å². The van der Waals surface area contributed by atoms with Crippen molar-refractivity contribution in [2.24, 2.45) is 0 Å². The molecule has 82 valence electrons. The average Bonchev–Trinajstić information content (AvgIpc) is 2.20. The van der Waals surface area contributed by atoms with E-state index in [0.717, 1.165) is 5.56 Å². The maximum absolute atomic E-state index is 12.1. The third kappa shape index (κ3) is 2.33. The fourth-order valence-electron chi connectivity index (χ4n) is 1.21. The number of anilines is 1. The molecule has 0 radical (unpaired) electrons. The molecule has 3 N–H and O–H groups in total. The van der Waals surface area contributed by atoms with Crippen LogP contribution in [0.1, 0.15) is 29.8 Å². The standard InChI is InChI=1S/C11H17N3O/c1-7-5-8(10(12)14-6-7)9(15)11(2,3)13-4/h5-6,13H,1-4H3,(H2,12,14). The van der Waals surface area contributed by atoms with Gasteiger partial charge in [-0.3, -0.25) is 4.79 Å². The minimum atomic E-state index is -0.621. The quantitative estimate of drug-likeness (QED) is 0.730. The predicted molar refractivity (Wildman–Crippen MR) is 60.9 cm³/mol. The number of likely N-dealkylation sites (N-methyl/N-ethyl adjacent to an activating group) is 1. The van der Waals surface area contributed by atoms with E-state index >= 15 is 0 Å². The Morgan fingerprint density at radius 2 is 2.13 bits per heavy atom. The van der Waals surface area contributed by atoms with Crippen LogP contribution in [0.2, 0.25) is 0 Å². The van der Waals surface area contributed by atoms with Gasteiger partial charge in [0.05, 0.1) is 11.1 Å². The van der Waals surface area contributed by atoms with Crippen molar-refractivity contribution >= 4 is 11.6 Å². The van der Waals surface area contributed by atoms with Gasteiger partial charge in [-0.2, -0.15) is 0 Å². The number of carbonyl (C=O) groups is 1. The van der Waals surface area contributed by atoms with E-state index in [4.69, 9.17) is 5.73 Å². The van der Waals surface area contributed by atoms with Crippen LogP contribution >= 0.6 is 0 Å². The molecule has 0 bridgehead atoms. The lowest BCUT2D eigenvalue weighted by Crippen LogP contribution is -2.44. The van der Waals surface area contributed by atoms with Crippen molar-refractivity contribution in [1.82, 2.24) is 10.3 Å². The molecule has 0 spiro atoms. The van der Waals surface area contributed by atoms with Gasteiger partial charge in [-0.25, -0.2) is 4.98 Å². The summed E-state index contributed by atoms with van der Waals surface area (Å²) in [5.74, 6) is 0.243. The Labute approximate surface area is 89.9 Å². The number of nitrogens with zero attached hydrogens (tertiary/aromatic N) is 1. The lowest BCUT2D eigenvalue weighted by atomic mass is 9.93. The second-order valence-electron chi connectivity index (χ2n) is 4.15. The summed E-state index contributed by atoms with van der Waals surface area (Å²) in [7, 11) is 1.75. The molecule has 0 aliphatic carbocycles. The molecule has 15 heavy (non-hydrogen) atoms. The lowest BCUT2D eigenvalue weighted by Gasteiger charge is -2.22. The van der Waals surface area contributed by atoms with Crippen LogP contribution in [-0.2, 0) is 0 Å². The first kappa shape index (κ1) is 11.7. The number of nitrogens with two attached hydrogens (primary N) is 1. The highest BCUT2D eigenvalue weighted by molar-refractivity contribution is 6.05. The van der Waals surface area contributed by atoms with Crippen molar-refractivity contribution in [3.63, 3.8) is 0 Å². The van der Waals surface area contributed by atoms with Crippen molar-refractivity contribution in [3.8, 4) is 0 Å². The Bertz CT molecular complexity index is 385. The fourth-order valence-corrected chi connectivity index (χ4v) is 1.21. The monoisotopic (exact) mass is 207 g/mol. The van der Waals surface area contributed by atoms with Gasteiger partial charge in [0, 0.05) is 6.20 Å². The first-order valence-electron chi connectivity index (χ1n) is 4.84. The van der Waals surface area contributed by atoms with Gasteiger partial charge in [-0.15, -0.1) is 0 Å². The molecule has 0 saturated heterocycles. The van der Waals surface area contributed by atoms with Gasteiger partial charge in [-0.1, -0.05) is 0 Å². The minimum Gasteiger partial charge on any atom is -0.383 e. The number of hydrogen-bond donors (Lipinski definition) is 2. The summed E-state index contributed by atoms with van der Waals surface area (Å²) >= 11 is 0. The molecule has 0 unspecified atom stereocenters. The van der Waals surface area contributed by atoms with Gasteiger partial charge >= 0.3 is 0 Å². The summed E-state index contributed by atoms with van der Waals surface area (Å²) in [5.41, 5.74) is 6.47. The van der Waals surface area contributed by atoms with E-state index in [2.05, 4.69) is 10.3 Å². The number of nitrogen functional groups attached to an aromatic ring is 1. The Morgan fingerprint density at radius 1 is 1.53 bits per heavy atom. The number of hydrogen-bond acceptors (Lipinski definition) is 4. The van der Waals surface area contributed by atoms with Crippen LogP contribution in [-0.4, -0.2) is 23.4 Å². The maximum Gasteiger partial charge on any atom is 0.185 e. The number of rotatable bonds is 3. The largest absolute Gasteiger partial charge is 0.383 e. The number of Topliss-reactive ketones (excluding diaryl/α,β-unsaturated/α-hetero) is 1. The van der Waals surface area contributed by atoms with Crippen LogP contribution in [0.15, 0.2) is 12.3 Å². The summed E-state index contributed by atoms with van der Waals surface area (Å²) in [6, 6.07) is 1.77. The molecule has 0 atom stereocenters. The minimum absolute atomic E-state index is 0.0429. The number of ketones is 1. The summed E-state index contributed by atoms with van der Waals surface area (Å²) < 4.78 is 0. The van der Waals surface area contributed by atoms with Crippen molar-refractivity contribution in [3.05, 3.63) is 23.4 Å². The van der Waals surface area contributed by atoms with E-state index < -0.39 is 5.54 Å². The van der Waals surface area contributed by atoms with Crippen molar-refractivity contribution in [2.45, 2.75) is 26.3 Å². The van der Waals surface area contributed by atoms with E-state index in [0.29, 0.717) is 5.56 Å². The Balaban J connectivity index is 3.17. The number of carbonyl (C=O) groups excluding carboxylic acids is 1. The van der Waals surface area contributed by atoms with Gasteiger partial charge in [-0.05, 0) is 39.4 Å². The third-order valence-electron chi connectivity index (χ3n) is 2.49. The summed E-state index contributed by atoms with van der Waals surface area (Å²) in [6.07, 6.45) is 1.65. The van der Waals surface area contributed by atoms with Crippen LogP contribution in [0, 0.1) is 6.92 Å². The highest BCUT2D eigenvalue weighted by Crippen LogP contribution is 2.17. The van der Waals surface area contributed by atoms with Gasteiger partial charge in [0.25, 0.3) is 0 Å². The second kappa shape index (κ2) is 3.98. The Morgan fingerprint density at radius 3 is 2.67 bits per heavy atom. The zero-order valence-electron chi connectivity index (χ0n) is 9.59. The molecule has 0 aliphatic heterocycles. The first-order valence-corrected chi connectivity index (χ1v) is 4.84. The second-order valence-corrected chi connectivity index (χ2v) is 4.15. The molecule has 0 fully saturated rings. The summed E-state index contributed by atoms with van der Waals surface area (Å²) in [5, 5.41) is 2.95. The highest BCUT2D eigenvalue weighted by atomic mass is 16.1. The average molecular weight is 207 g/mol. The Kier molecular flexibility index (Phi) is 3.09. The predicted octanol–water partition coefficient (Wildman–Crippen LogP) is 1.15. The van der Waals surface area contributed by atoms with Crippen molar-refractivity contribution < 1.29 is 4.79 Å². The van der Waals surface area contributed by atoms with Crippen LogP contribution in [0.25, 0.3) is 0 Å². The van der Waals surface area contributed by atoms with E-state index in [-0.39, 0.29) is 11.6 Å². The summed E-state index contributed by atoms with van der Waals surface area (Å²) in [4.78, 5) is 16.1. The molecule has 1 aromatic heterocycles. The maximum atomic E-state index is 12.1. The SMILES string of the molecule is CNC(C)(C)C(=O)c1cc(C)cnc1N.